The summed E-state index contributed by atoms with van der Waals surface area (Å²) in [7, 11) is 0. The summed E-state index contributed by atoms with van der Waals surface area (Å²) in [5.74, 6) is 1.27. The van der Waals surface area contributed by atoms with Gasteiger partial charge in [0.25, 0.3) is 0 Å². The summed E-state index contributed by atoms with van der Waals surface area (Å²) < 4.78 is 0. The Hall–Kier alpha value is -0.850. The Morgan fingerprint density at radius 1 is 1.14 bits per heavy atom. The molecule has 1 nitrogen and oxygen atoms in total. The Morgan fingerprint density at radius 3 is 2.00 bits per heavy atom. The van der Waals surface area contributed by atoms with E-state index in [-0.39, 0.29) is 0 Å². The third-order valence-corrected chi connectivity index (χ3v) is 2.80. The first-order chi connectivity index (χ1) is 6.36. The van der Waals surface area contributed by atoms with E-state index in [0.717, 1.165) is 11.3 Å². The zero-order chi connectivity index (χ0) is 11.3. The molecule has 0 fully saturated rings. The Morgan fingerprint density at radius 2 is 1.64 bits per heavy atom. The van der Waals surface area contributed by atoms with Crippen molar-refractivity contribution in [1.82, 2.24) is 0 Å². The van der Waals surface area contributed by atoms with Gasteiger partial charge in [-0.1, -0.05) is 32.9 Å². The summed E-state index contributed by atoms with van der Waals surface area (Å²) in [6, 6.07) is 0. The third kappa shape index (κ3) is 4.40. The lowest BCUT2D eigenvalue weighted by molar-refractivity contribution is 0.479. The van der Waals surface area contributed by atoms with Crippen LogP contribution in [0.3, 0.4) is 0 Å². The Labute approximate surface area is 88.6 Å². The Balaban J connectivity index is 4.54. The van der Waals surface area contributed by atoms with Crippen molar-refractivity contribution in [3.05, 3.63) is 23.9 Å². The van der Waals surface area contributed by atoms with E-state index in [9.17, 15) is 0 Å². The van der Waals surface area contributed by atoms with E-state index < -0.39 is 0 Å². The molecule has 0 aromatic rings. The minimum atomic E-state index is 0.594. The molecule has 0 bridgehead atoms. The molecule has 0 aliphatic carbocycles. The van der Waals surface area contributed by atoms with Crippen LogP contribution in [0.2, 0.25) is 0 Å². The zero-order valence-electron chi connectivity index (χ0n) is 10.4. The standard InChI is InChI=1S/C13H23N/c1-9(2)12(6)11(5)8-14-13(7)10(3)4/h8-9,12H,3H2,1-2,4-7H3/b11-8+,14-13?/t12-/m1/s1. The topological polar surface area (TPSA) is 12.4 Å². The highest BCUT2D eigenvalue weighted by Crippen LogP contribution is 2.19. The highest BCUT2D eigenvalue weighted by molar-refractivity contribution is 5.97. The Kier molecular flexibility index (Phi) is 5.44. The second-order valence-corrected chi connectivity index (χ2v) is 4.40. The van der Waals surface area contributed by atoms with Crippen LogP contribution in [0.25, 0.3) is 0 Å². The molecule has 0 unspecified atom stereocenters. The number of aliphatic imine (C=N–C) groups is 1. The molecule has 0 saturated carbocycles. The van der Waals surface area contributed by atoms with Gasteiger partial charge >= 0.3 is 0 Å². The largest absolute Gasteiger partial charge is 0.261 e. The number of hydrogen-bond donors (Lipinski definition) is 0. The summed E-state index contributed by atoms with van der Waals surface area (Å²) in [6.45, 7) is 16.7. The molecule has 0 radical (unpaired) electrons. The predicted molar refractivity (Wildman–Crippen MR) is 65.7 cm³/mol. The number of nitrogens with zero attached hydrogens (tertiary/aromatic N) is 1. The molecular weight excluding hydrogens is 170 g/mol. The van der Waals surface area contributed by atoms with Crippen molar-refractivity contribution in [2.45, 2.75) is 41.5 Å². The van der Waals surface area contributed by atoms with Crippen LogP contribution in [0.4, 0.5) is 0 Å². The van der Waals surface area contributed by atoms with E-state index in [1.165, 1.54) is 5.57 Å². The first-order valence-corrected chi connectivity index (χ1v) is 5.23. The summed E-state index contributed by atoms with van der Waals surface area (Å²) in [6.07, 6.45) is 1.97. The number of hydrogen-bond acceptors (Lipinski definition) is 1. The lowest BCUT2D eigenvalue weighted by Gasteiger charge is -2.15. The van der Waals surface area contributed by atoms with Gasteiger partial charge in [-0.05, 0) is 38.2 Å². The van der Waals surface area contributed by atoms with Crippen LogP contribution in [-0.4, -0.2) is 5.71 Å². The SMILES string of the molecule is C=C(C)C(C)=N/C=C(\C)[C@H](C)C(C)C. The van der Waals surface area contributed by atoms with Gasteiger partial charge in [-0.2, -0.15) is 0 Å². The van der Waals surface area contributed by atoms with Crippen molar-refractivity contribution in [1.29, 1.82) is 0 Å². The van der Waals surface area contributed by atoms with Gasteiger partial charge in [-0.15, -0.1) is 0 Å². The molecule has 0 rings (SSSR count). The van der Waals surface area contributed by atoms with Gasteiger partial charge in [0.15, 0.2) is 0 Å². The van der Waals surface area contributed by atoms with E-state index in [4.69, 9.17) is 0 Å². The van der Waals surface area contributed by atoms with Crippen LogP contribution in [0.1, 0.15) is 41.5 Å². The molecule has 0 aliphatic rings. The molecule has 0 N–H and O–H groups in total. The molecule has 14 heavy (non-hydrogen) atoms. The van der Waals surface area contributed by atoms with Crippen LogP contribution in [0.15, 0.2) is 28.9 Å². The molecular formula is C13H23N. The summed E-state index contributed by atoms with van der Waals surface area (Å²) in [5.41, 5.74) is 3.38. The quantitative estimate of drug-likeness (QED) is 0.593. The third-order valence-electron chi connectivity index (χ3n) is 2.80. The van der Waals surface area contributed by atoms with E-state index in [1.807, 2.05) is 20.0 Å². The Bertz CT molecular complexity index is 256. The van der Waals surface area contributed by atoms with Crippen LogP contribution >= 0.6 is 0 Å². The average Bonchev–Trinajstić information content (AvgIpc) is 2.11. The molecule has 0 aromatic carbocycles. The lowest BCUT2D eigenvalue weighted by Crippen LogP contribution is -2.04. The minimum absolute atomic E-state index is 0.594. The van der Waals surface area contributed by atoms with Crippen molar-refractivity contribution in [2.24, 2.45) is 16.8 Å². The highest BCUT2D eigenvalue weighted by Gasteiger charge is 2.08. The summed E-state index contributed by atoms with van der Waals surface area (Å²) in [5, 5.41) is 0. The molecule has 0 saturated heterocycles. The predicted octanol–water partition coefficient (Wildman–Crippen LogP) is 4.22. The number of rotatable bonds is 4. The molecule has 1 heteroatoms. The van der Waals surface area contributed by atoms with Crippen LogP contribution in [0, 0.1) is 11.8 Å². The van der Waals surface area contributed by atoms with E-state index in [1.54, 1.807) is 0 Å². The van der Waals surface area contributed by atoms with Crippen molar-refractivity contribution in [3.8, 4) is 0 Å². The molecule has 0 aromatic heterocycles. The van der Waals surface area contributed by atoms with Crippen LogP contribution in [0.5, 0.6) is 0 Å². The monoisotopic (exact) mass is 193 g/mol. The zero-order valence-corrected chi connectivity index (χ0v) is 10.4. The average molecular weight is 193 g/mol. The fourth-order valence-corrected chi connectivity index (χ4v) is 0.952. The van der Waals surface area contributed by atoms with Gasteiger partial charge in [-0.25, -0.2) is 0 Å². The summed E-state index contributed by atoms with van der Waals surface area (Å²) in [4.78, 5) is 4.38. The first-order valence-electron chi connectivity index (χ1n) is 5.23. The van der Waals surface area contributed by atoms with Crippen molar-refractivity contribution in [3.63, 3.8) is 0 Å². The second-order valence-electron chi connectivity index (χ2n) is 4.40. The van der Waals surface area contributed by atoms with Crippen molar-refractivity contribution >= 4 is 5.71 Å². The first kappa shape index (κ1) is 13.2. The maximum absolute atomic E-state index is 4.38. The van der Waals surface area contributed by atoms with E-state index >= 15 is 0 Å². The molecule has 0 heterocycles. The smallest absolute Gasteiger partial charge is 0.0395 e. The number of allylic oxidation sites excluding steroid dienone is 2. The molecule has 0 amide bonds. The molecule has 0 spiro atoms. The molecule has 80 valence electrons. The van der Waals surface area contributed by atoms with E-state index in [0.29, 0.717) is 11.8 Å². The van der Waals surface area contributed by atoms with Gasteiger partial charge in [0.05, 0.1) is 0 Å². The summed E-state index contributed by atoms with van der Waals surface area (Å²) >= 11 is 0. The molecule has 0 aliphatic heterocycles. The van der Waals surface area contributed by atoms with Crippen LogP contribution < -0.4 is 0 Å². The van der Waals surface area contributed by atoms with Gasteiger partial charge in [0.1, 0.15) is 0 Å². The minimum Gasteiger partial charge on any atom is -0.261 e. The fraction of sp³-hybridized carbons (Fsp3) is 0.615. The van der Waals surface area contributed by atoms with Gasteiger partial charge < -0.3 is 0 Å². The molecule has 1 atom stereocenters. The lowest BCUT2D eigenvalue weighted by atomic mass is 9.92. The van der Waals surface area contributed by atoms with Crippen LogP contribution in [-0.2, 0) is 0 Å². The fourth-order valence-electron chi connectivity index (χ4n) is 0.952. The second kappa shape index (κ2) is 5.79. The normalized spacial score (nSPS) is 15.9. The maximum atomic E-state index is 4.38. The van der Waals surface area contributed by atoms with Gasteiger partial charge in [0.2, 0.25) is 0 Å². The van der Waals surface area contributed by atoms with E-state index in [2.05, 4.69) is 39.3 Å². The van der Waals surface area contributed by atoms with Gasteiger partial charge in [-0.3, -0.25) is 4.99 Å². The van der Waals surface area contributed by atoms with Gasteiger partial charge in [0, 0.05) is 11.9 Å². The van der Waals surface area contributed by atoms with Crippen molar-refractivity contribution < 1.29 is 0 Å². The highest BCUT2D eigenvalue weighted by atomic mass is 14.7. The maximum Gasteiger partial charge on any atom is 0.0395 e. The van der Waals surface area contributed by atoms with Crippen molar-refractivity contribution in [2.75, 3.05) is 0 Å².